The van der Waals surface area contributed by atoms with Gasteiger partial charge in [0.25, 0.3) is 0 Å². The molecule has 30 heavy (non-hydrogen) atoms. The summed E-state index contributed by atoms with van der Waals surface area (Å²) in [6.07, 6.45) is 0. The smallest absolute Gasteiger partial charge is 0.338 e. The molecule has 0 atom stereocenters. The number of ether oxygens (including phenoxy) is 2. The van der Waals surface area contributed by atoms with E-state index in [4.69, 9.17) is 15.2 Å². The van der Waals surface area contributed by atoms with Gasteiger partial charge in [-0.2, -0.15) is 0 Å². The monoisotopic (exact) mass is 517 g/mol. The van der Waals surface area contributed by atoms with Crippen molar-refractivity contribution in [1.82, 2.24) is 0 Å². The zero-order valence-corrected chi connectivity index (χ0v) is 18.9. The van der Waals surface area contributed by atoms with Gasteiger partial charge in [-0.25, -0.2) is 9.79 Å². The molecule has 0 amide bonds. The first-order valence-corrected chi connectivity index (χ1v) is 9.15. The molecule has 0 unspecified atom stereocenters. The molecule has 3 aromatic rings. The number of benzene rings is 3. The summed E-state index contributed by atoms with van der Waals surface area (Å²) in [5.74, 6) is 0.679. The van der Waals surface area contributed by atoms with E-state index in [1.807, 2.05) is 60.7 Å². The molecule has 0 saturated heterocycles. The molecule has 6 nitrogen and oxygen atoms in total. The third kappa shape index (κ3) is 7.07. The first-order chi connectivity index (χ1) is 14.1. The number of methoxy groups -OCH3 is 1. The zero-order valence-electron chi connectivity index (χ0n) is 16.6. The summed E-state index contributed by atoms with van der Waals surface area (Å²) < 4.78 is 10.5. The fraction of sp³-hybridized carbons (Fsp3) is 0.130. The molecule has 3 aromatic carbocycles. The molecule has 3 N–H and O–H groups in total. The van der Waals surface area contributed by atoms with Crippen molar-refractivity contribution >= 4 is 41.6 Å². The fourth-order valence-electron chi connectivity index (χ4n) is 2.64. The van der Waals surface area contributed by atoms with Crippen molar-refractivity contribution in [3.05, 3.63) is 95.6 Å². The summed E-state index contributed by atoms with van der Waals surface area (Å²) >= 11 is 0. The van der Waals surface area contributed by atoms with Crippen LogP contribution in [0.1, 0.15) is 21.5 Å². The highest BCUT2D eigenvalue weighted by Gasteiger charge is 2.08. The highest BCUT2D eigenvalue weighted by Crippen LogP contribution is 2.15. The number of hydrogen-bond acceptors (Lipinski definition) is 4. The van der Waals surface area contributed by atoms with E-state index in [0.29, 0.717) is 12.1 Å². The summed E-state index contributed by atoms with van der Waals surface area (Å²) in [4.78, 5) is 16.6. The fourth-order valence-corrected chi connectivity index (χ4v) is 2.64. The van der Waals surface area contributed by atoms with Gasteiger partial charge in [0.05, 0.1) is 19.2 Å². The van der Waals surface area contributed by atoms with Crippen LogP contribution in [0.3, 0.4) is 0 Å². The summed E-state index contributed by atoms with van der Waals surface area (Å²) in [6, 6.07) is 24.1. The largest absolute Gasteiger partial charge is 0.497 e. The topological polar surface area (TPSA) is 85.9 Å². The van der Waals surface area contributed by atoms with Crippen LogP contribution in [0.4, 0.5) is 5.69 Å². The molecule has 0 aliphatic heterocycles. The Bertz CT molecular complexity index is 976. The second-order valence-corrected chi connectivity index (χ2v) is 6.32. The van der Waals surface area contributed by atoms with Gasteiger partial charge in [0, 0.05) is 5.69 Å². The van der Waals surface area contributed by atoms with Crippen LogP contribution in [0.25, 0.3) is 0 Å². The van der Waals surface area contributed by atoms with Gasteiger partial charge in [0.15, 0.2) is 5.96 Å². The van der Waals surface area contributed by atoms with E-state index in [2.05, 4.69) is 10.3 Å². The van der Waals surface area contributed by atoms with E-state index in [9.17, 15) is 4.79 Å². The quantitative estimate of drug-likeness (QED) is 0.207. The second kappa shape index (κ2) is 11.8. The number of esters is 1. The van der Waals surface area contributed by atoms with Gasteiger partial charge >= 0.3 is 5.97 Å². The van der Waals surface area contributed by atoms with Gasteiger partial charge in [-0.15, -0.1) is 24.0 Å². The van der Waals surface area contributed by atoms with Gasteiger partial charge in [-0.3, -0.25) is 0 Å². The predicted octanol–water partition coefficient (Wildman–Crippen LogP) is 4.60. The molecule has 7 heteroatoms. The van der Waals surface area contributed by atoms with Crippen molar-refractivity contribution in [1.29, 1.82) is 0 Å². The highest BCUT2D eigenvalue weighted by atomic mass is 127. The van der Waals surface area contributed by atoms with Gasteiger partial charge in [-0.05, 0) is 47.5 Å². The van der Waals surface area contributed by atoms with Crippen molar-refractivity contribution in [2.45, 2.75) is 13.2 Å². The summed E-state index contributed by atoms with van der Waals surface area (Å²) in [5.41, 5.74) is 9.05. The average Bonchev–Trinajstić information content (AvgIpc) is 2.77. The molecule has 0 heterocycles. The minimum Gasteiger partial charge on any atom is -0.497 e. The number of nitrogens with two attached hydrogens (primary N) is 1. The van der Waals surface area contributed by atoms with Crippen molar-refractivity contribution in [3.8, 4) is 5.75 Å². The van der Waals surface area contributed by atoms with Gasteiger partial charge in [0.2, 0.25) is 0 Å². The van der Waals surface area contributed by atoms with Crippen LogP contribution in [0.5, 0.6) is 5.75 Å². The molecule has 0 radical (unpaired) electrons. The summed E-state index contributed by atoms with van der Waals surface area (Å²) in [6.45, 7) is 0.579. The number of aliphatic imine (C=N–C) groups is 1. The Labute approximate surface area is 193 Å². The number of halogens is 1. The van der Waals surface area contributed by atoms with Gasteiger partial charge in [0.1, 0.15) is 12.4 Å². The van der Waals surface area contributed by atoms with Crippen LogP contribution in [-0.2, 0) is 17.9 Å². The Morgan fingerprint density at radius 1 is 0.967 bits per heavy atom. The van der Waals surface area contributed by atoms with Crippen molar-refractivity contribution in [2.75, 3.05) is 12.4 Å². The minimum absolute atomic E-state index is 0. The number of rotatable bonds is 7. The molecule has 156 valence electrons. The number of carbonyl (C=O) groups is 1. The lowest BCUT2D eigenvalue weighted by atomic mass is 10.1. The number of nitrogens with one attached hydrogen (secondary N) is 1. The van der Waals surface area contributed by atoms with Crippen LogP contribution in [0.15, 0.2) is 83.9 Å². The van der Waals surface area contributed by atoms with Crippen LogP contribution < -0.4 is 15.8 Å². The lowest BCUT2D eigenvalue weighted by Crippen LogP contribution is -2.22. The Balaban J connectivity index is 0.00000320. The Kier molecular flexibility index (Phi) is 9.14. The Morgan fingerprint density at radius 3 is 2.37 bits per heavy atom. The van der Waals surface area contributed by atoms with E-state index in [-0.39, 0.29) is 42.5 Å². The molecule has 0 bridgehead atoms. The molecule has 0 saturated carbocycles. The lowest BCUT2D eigenvalue weighted by Gasteiger charge is -2.08. The average molecular weight is 517 g/mol. The van der Waals surface area contributed by atoms with Crippen molar-refractivity contribution < 1.29 is 14.3 Å². The molecule has 0 fully saturated rings. The van der Waals surface area contributed by atoms with Gasteiger partial charge < -0.3 is 20.5 Å². The van der Waals surface area contributed by atoms with E-state index in [0.717, 1.165) is 22.6 Å². The molecule has 0 aliphatic rings. The van der Waals surface area contributed by atoms with E-state index >= 15 is 0 Å². The van der Waals surface area contributed by atoms with Crippen LogP contribution >= 0.6 is 24.0 Å². The summed E-state index contributed by atoms with van der Waals surface area (Å²) in [7, 11) is 1.61. The maximum Gasteiger partial charge on any atom is 0.338 e. The molecule has 3 rings (SSSR count). The Hall–Kier alpha value is -3.07. The number of anilines is 1. The van der Waals surface area contributed by atoms with E-state index in [1.165, 1.54) is 0 Å². The third-order valence-corrected chi connectivity index (χ3v) is 4.17. The number of carbonyl (C=O) groups excluding carboxylic acids is 1. The molecule has 0 spiro atoms. The van der Waals surface area contributed by atoms with Gasteiger partial charge in [-0.1, -0.05) is 42.5 Å². The highest BCUT2D eigenvalue weighted by molar-refractivity contribution is 14.0. The van der Waals surface area contributed by atoms with Crippen LogP contribution in [0.2, 0.25) is 0 Å². The number of guanidine groups is 1. The number of hydrogen-bond donors (Lipinski definition) is 2. The standard InChI is InChI=1S/C23H23N3O3.HI/c1-28-21-12-10-20(11-13-21)26-23(24)25-15-18-8-5-9-19(14-18)22(27)29-16-17-6-3-2-4-7-17;/h2-14H,15-16H2,1H3,(H3,24,25,26);1H. The van der Waals surface area contributed by atoms with Crippen LogP contribution in [-0.4, -0.2) is 19.0 Å². The maximum absolute atomic E-state index is 12.3. The summed E-state index contributed by atoms with van der Waals surface area (Å²) in [5, 5.41) is 3.02. The molecular weight excluding hydrogens is 493 g/mol. The predicted molar refractivity (Wildman–Crippen MR) is 129 cm³/mol. The van der Waals surface area contributed by atoms with Crippen LogP contribution in [0, 0.1) is 0 Å². The minimum atomic E-state index is -0.371. The molecular formula is C23H24IN3O3. The first-order valence-electron chi connectivity index (χ1n) is 9.15. The SMILES string of the molecule is COc1ccc(NC(N)=NCc2cccc(C(=O)OCc3ccccc3)c2)cc1.I. The first kappa shape index (κ1) is 23.2. The maximum atomic E-state index is 12.3. The van der Waals surface area contributed by atoms with Crippen molar-refractivity contribution in [3.63, 3.8) is 0 Å². The third-order valence-electron chi connectivity index (χ3n) is 4.17. The molecule has 0 aromatic heterocycles. The van der Waals surface area contributed by atoms with E-state index in [1.54, 1.807) is 25.3 Å². The second-order valence-electron chi connectivity index (χ2n) is 6.32. The van der Waals surface area contributed by atoms with Crippen molar-refractivity contribution in [2.24, 2.45) is 10.7 Å². The van der Waals surface area contributed by atoms with E-state index < -0.39 is 0 Å². The number of nitrogens with zero attached hydrogens (tertiary/aromatic N) is 1. The normalized spacial score (nSPS) is 10.6. The zero-order chi connectivity index (χ0) is 20.5. The lowest BCUT2D eigenvalue weighted by molar-refractivity contribution is 0.0472. The Morgan fingerprint density at radius 2 is 1.67 bits per heavy atom. The molecule has 0 aliphatic carbocycles.